The number of aryl methyl sites for hydroxylation is 3. The van der Waals surface area contributed by atoms with Crippen LogP contribution in [0.25, 0.3) is 10.2 Å². The zero-order valence-electron chi connectivity index (χ0n) is 14.1. The monoisotopic (exact) mass is 375 g/mol. The zero-order valence-corrected chi connectivity index (χ0v) is 15.7. The number of amides is 1. The Balaban J connectivity index is 1.68. The fourth-order valence-corrected chi connectivity index (χ4v) is 3.58. The molecule has 0 atom stereocenters. The third-order valence-electron chi connectivity index (χ3n) is 3.77. The summed E-state index contributed by atoms with van der Waals surface area (Å²) in [6, 6.07) is 7.37. The number of thiazole rings is 1. The van der Waals surface area contributed by atoms with E-state index in [0.717, 1.165) is 26.9 Å². The summed E-state index contributed by atoms with van der Waals surface area (Å²) in [5.74, 6) is 0.387. The number of hydrogen-bond acceptors (Lipinski definition) is 5. The van der Waals surface area contributed by atoms with Crippen LogP contribution in [0.4, 0.5) is 10.8 Å². The van der Waals surface area contributed by atoms with Gasteiger partial charge in [0.15, 0.2) is 11.7 Å². The Bertz CT molecular complexity index is 945. The third-order valence-corrected chi connectivity index (χ3v) is 5.19. The number of rotatable bonds is 4. The number of nitrogens with one attached hydrogen (secondary N) is 1. The van der Waals surface area contributed by atoms with Gasteiger partial charge in [-0.3, -0.25) is 4.79 Å². The van der Waals surface area contributed by atoms with Crippen molar-refractivity contribution in [2.75, 3.05) is 17.7 Å². The summed E-state index contributed by atoms with van der Waals surface area (Å²) in [5.41, 5.74) is 10.1. The first-order chi connectivity index (χ1) is 11.8. The molecular weight excluding hydrogens is 358 g/mol. The van der Waals surface area contributed by atoms with E-state index < -0.39 is 0 Å². The standard InChI is InChI=1S/C18H18ClN3O2S/c1-9-5-13(6-10(2)16(9)19)24-8-15(23)21-12-4-11(3)17-14(7-12)25-18(20)22-17/h4-7H,8H2,1-3H3,(H2,20,22)(H,21,23). The molecule has 1 aromatic heterocycles. The smallest absolute Gasteiger partial charge is 0.262 e. The van der Waals surface area contributed by atoms with Gasteiger partial charge in [-0.2, -0.15) is 0 Å². The summed E-state index contributed by atoms with van der Waals surface area (Å²) in [6.07, 6.45) is 0. The average Bonchev–Trinajstić information content (AvgIpc) is 2.91. The van der Waals surface area contributed by atoms with Crippen LogP contribution < -0.4 is 15.8 Å². The van der Waals surface area contributed by atoms with Crippen LogP contribution in [0.2, 0.25) is 5.02 Å². The fourth-order valence-electron chi connectivity index (χ4n) is 2.62. The van der Waals surface area contributed by atoms with Gasteiger partial charge in [0.2, 0.25) is 0 Å². The van der Waals surface area contributed by atoms with Crippen molar-refractivity contribution in [1.82, 2.24) is 4.98 Å². The van der Waals surface area contributed by atoms with Gasteiger partial charge < -0.3 is 15.8 Å². The van der Waals surface area contributed by atoms with Gasteiger partial charge in [0.25, 0.3) is 5.91 Å². The van der Waals surface area contributed by atoms with E-state index in [9.17, 15) is 4.79 Å². The molecule has 0 spiro atoms. The van der Waals surface area contributed by atoms with Crippen LogP contribution >= 0.6 is 22.9 Å². The maximum absolute atomic E-state index is 12.2. The van der Waals surface area contributed by atoms with Gasteiger partial charge in [-0.05, 0) is 61.7 Å². The molecule has 130 valence electrons. The number of benzene rings is 2. The molecule has 0 saturated heterocycles. The number of nitrogens with two attached hydrogens (primary N) is 1. The average molecular weight is 376 g/mol. The first-order valence-corrected chi connectivity index (χ1v) is 8.89. The molecule has 25 heavy (non-hydrogen) atoms. The van der Waals surface area contributed by atoms with Gasteiger partial charge in [0, 0.05) is 10.7 Å². The molecule has 0 aliphatic rings. The molecule has 2 aromatic carbocycles. The molecule has 7 heteroatoms. The van der Waals surface area contributed by atoms with Crippen LogP contribution in [0.1, 0.15) is 16.7 Å². The highest BCUT2D eigenvalue weighted by Gasteiger charge is 2.10. The molecule has 3 N–H and O–H groups in total. The number of aromatic nitrogens is 1. The van der Waals surface area contributed by atoms with Crippen molar-refractivity contribution in [3.05, 3.63) is 46.0 Å². The van der Waals surface area contributed by atoms with E-state index in [0.29, 0.717) is 21.6 Å². The number of nitrogen functional groups attached to an aromatic ring is 1. The van der Waals surface area contributed by atoms with Gasteiger partial charge in [0.05, 0.1) is 10.2 Å². The number of ether oxygens (including phenoxy) is 1. The number of fused-ring (bicyclic) bond motifs is 1. The first-order valence-electron chi connectivity index (χ1n) is 7.69. The Hall–Kier alpha value is -2.31. The lowest BCUT2D eigenvalue weighted by atomic mass is 10.1. The van der Waals surface area contributed by atoms with Gasteiger partial charge >= 0.3 is 0 Å². The predicted octanol–water partition coefficient (Wildman–Crippen LogP) is 4.47. The van der Waals surface area contributed by atoms with Crippen molar-refractivity contribution >= 4 is 49.9 Å². The molecule has 1 heterocycles. The van der Waals surface area contributed by atoms with Crippen molar-refractivity contribution in [2.24, 2.45) is 0 Å². The number of nitrogens with zero attached hydrogens (tertiary/aromatic N) is 1. The van der Waals surface area contributed by atoms with E-state index >= 15 is 0 Å². The molecule has 3 aromatic rings. The van der Waals surface area contributed by atoms with Crippen LogP contribution in [0.3, 0.4) is 0 Å². The minimum absolute atomic E-state index is 0.0809. The summed E-state index contributed by atoms with van der Waals surface area (Å²) in [4.78, 5) is 16.5. The summed E-state index contributed by atoms with van der Waals surface area (Å²) in [7, 11) is 0. The molecule has 0 fully saturated rings. The van der Waals surface area contributed by atoms with Gasteiger partial charge in [-0.15, -0.1) is 0 Å². The second-order valence-corrected chi connectivity index (χ2v) is 7.34. The lowest BCUT2D eigenvalue weighted by Crippen LogP contribution is -2.20. The maximum Gasteiger partial charge on any atom is 0.262 e. The number of hydrogen-bond donors (Lipinski definition) is 2. The lowest BCUT2D eigenvalue weighted by molar-refractivity contribution is -0.118. The molecule has 0 aliphatic carbocycles. The van der Waals surface area contributed by atoms with E-state index in [1.54, 1.807) is 0 Å². The normalized spacial score (nSPS) is 10.9. The molecule has 5 nitrogen and oxygen atoms in total. The third kappa shape index (κ3) is 3.86. The molecule has 0 radical (unpaired) electrons. The largest absolute Gasteiger partial charge is 0.484 e. The molecular formula is C18H18ClN3O2S. The number of anilines is 2. The quantitative estimate of drug-likeness (QED) is 0.705. The van der Waals surface area contributed by atoms with Crippen molar-refractivity contribution in [3.63, 3.8) is 0 Å². The van der Waals surface area contributed by atoms with Crippen molar-refractivity contribution in [1.29, 1.82) is 0 Å². The van der Waals surface area contributed by atoms with E-state index in [1.807, 2.05) is 45.0 Å². The topological polar surface area (TPSA) is 77.2 Å². The van der Waals surface area contributed by atoms with E-state index in [2.05, 4.69) is 10.3 Å². The second-order valence-electron chi connectivity index (χ2n) is 5.90. The van der Waals surface area contributed by atoms with Crippen molar-refractivity contribution in [2.45, 2.75) is 20.8 Å². The number of halogens is 1. The lowest BCUT2D eigenvalue weighted by Gasteiger charge is -2.11. The van der Waals surface area contributed by atoms with Crippen LogP contribution in [0.5, 0.6) is 5.75 Å². The summed E-state index contributed by atoms with van der Waals surface area (Å²) >= 11 is 7.53. The number of carbonyl (C=O) groups excluding carboxylic acids is 1. The maximum atomic E-state index is 12.2. The minimum Gasteiger partial charge on any atom is -0.484 e. The Morgan fingerprint density at radius 3 is 2.56 bits per heavy atom. The molecule has 0 aliphatic heterocycles. The molecule has 0 bridgehead atoms. The highest BCUT2D eigenvalue weighted by Crippen LogP contribution is 2.29. The Labute approximate surface area is 154 Å². The fraction of sp³-hybridized carbons (Fsp3) is 0.222. The van der Waals surface area contributed by atoms with Crippen LogP contribution in [-0.2, 0) is 4.79 Å². The van der Waals surface area contributed by atoms with Gasteiger partial charge in [-0.1, -0.05) is 22.9 Å². The van der Waals surface area contributed by atoms with Crippen molar-refractivity contribution in [3.8, 4) is 5.75 Å². The van der Waals surface area contributed by atoms with E-state index in [4.69, 9.17) is 22.1 Å². The molecule has 0 saturated carbocycles. The zero-order chi connectivity index (χ0) is 18.1. The van der Waals surface area contributed by atoms with Crippen LogP contribution in [0, 0.1) is 20.8 Å². The Morgan fingerprint density at radius 1 is 1.20 bits per heavy atom. The van der Waals surface area contributed by atoms with E-state index in [-0.39, 0.29) is 12.5 Å². The van der Waals surface area contributed by atoms with Crippen molar-refractivity contribution < 1.29 is 9.53 Å². The molecule has 3 rings (SSSR count). The van der Waals surface area contributed by atoms with Crippen LogP contribution in [-0.4, -0.2) is 17.5 Å². The Morgan fingerprint density at radius 2 is 1.88 bits per heavy atom. The minimum atomic E-state index is -0.235. The van der Waals surface area contributed by atoms with Gasteiger partial charge in [0.1, 0.15) is 5.75 Å². The Kier molecular flexibility index (Phi) is 4.83. The van der Waals surface area contributed by atoms with Gasteiger partial charge in [-0.25, -0.2) is 4.98 Å². The second kappa shape index (κ2) is 6.90. The highest BCUT2D eigenvalue weighted by molar-refractivity contribution is 7.22. The van der Waals surface area contributed by atoms with E-state index in [1.165, 1.54) is 11.3 Å². The first kappa shape index (κ1) is 17.5. The summed E-state index contributed by atoms with van der Waals surface area (Å²) in [6.45, 7) is 5.66. The molecule has 0 unspecified atom stereocenters. The SMILES string of the molecule is Cc1cc(OCC(=O)Nc2cc(C)c3nc(N)sc3c2)cc(C)c1Cl. The predicted molar refractivity (Wildman–Crippen MR) is 104 cm³/mol. The summed E-state index contributed by atoms with van der Waals surface area (Å²) < 4.78 is 6.52. The van der Waals surface area contributed by atoms with Crippen LogP contribution in [0.15, 0.2) is 24.3 Å². The number of carbonyl (C=O) groups is 1. The summed E-state index contributed by atoms with van der Waals surface area (Å²) in [5, 5.41) is 4.07. The molecule has 1 amide bonds. The highest BCUT2D eigenvalue weighted by atomic mass is 35.5.